The smallest absolute Gasteiger partial charge is 0.306 e. The number of hydrogen-bond acceptors (Lipinski definition) is 3. The van der Waals surface area contributed by atoms with Gasteiger partial charge in [-0.1, -0.05) is 35.5 Å². The molecule has 0 bridgehead atoms. The van der Waals surface area contributed by atoms with Crippen LogP contribution in [0.5, 0.6) is 0 Å². The Balaban J connectivity index is 1.89. The van der Waals surface area contributed by atoms with E-state index in [0.29, 0.717) is 5.02 Å². The van der Waals surface area contributed by atoms with Crippen molar-refractivity contribution < 1.29 is 14.0 Å². The summed E-state index contributed by atoms with van der Waals surface area (Å²) in [7, 11) is 1.52. The number of imide groups is 1. The maximum atomic E-state index is 13.9. The normalized spacial score (nSPS) is 18.0. The number of amides is 3. The topological polar surface area (TPSA) is 40.6 Å². The lowest BCUT2D eigenvalue weighted by Crippen LogP contribution is -2.32. The van der Waals surface area contributed by atoms with Gasteiger partial charge < -0.3 is 4.90 Å². The van der Waals surface area contributed by atoms with E-state index < -0.39 is 23.1 Å². The fraction of sp³-hybridized carbons (Fsp3) is 0.125. The Kier molecular flexibility index (Phi) is 4.28. The first-order valence-electron chi connectivity index (χ1n) is 6.76. The molecule has 1 aliphatic rings. The van der Waals surface area contributed by atoms with E-state index >= 15 is 0 Å². The van der Waals surface area contributed by atoms with E-state index in [-0.39, 0.29) is 5.69 Å². The van der Waals surface area contributed by atoms with Gasteiger partial charge >= 0.3 is 6.03 Å². The van der Waals surface area contributed by atoms with Gasteiger partial charge in [0.05, 0.1) is 5.69 Å². The lowest BCUT2D eigenvalue weighted by Gasteiger charge is -2.15. The summed E-state index contributed by atoms with van der Waals surface area (Å²) >= 11 is 7.06. The van der Waals surface area contributed by atoms with E-state index in [1.165, 1.54) is 41.9 Å². The molecule has 0 spiro atoms. The van der Waals surface area contributed by atoms with Gasteiger partial charge in [-0.15, -0.1) is 0 Å². The third kappa shape index (κ3) is 2.92. The molecule has 3 rings (SSSR count). The summed E-state index contributed by atoms with van der Waals surface area (Å²) in [6.07, 6.45) is 0. The summed E-state index contributed by atoms with van der Waals surface area (Å²) in [4.78, 5) is 27.9. The van der Waals surface area contributed by atoms with Crippen LogP contribution in [0.2, 0.25) is 5.02 Å². The number of para-hydroxylation sites is 1. The second-order valence-corrected chi connectivity index (χ2v) is 6.53. The van der Waals surface area contributed by atoms with Crippen molar-refractivity contribution >= 4 is 41.0 Å². The number of thioether (sulfide) groups is 1. The van der Waals surface area contributed by atoms with Crippen LogP contribution < -0.4 is 4.90 Å². The van der Waals surface area contributed by atoms with Crippen LogP contribution in [0.15, 0.2) is 53.4 Å². The second-order valence-electron chi connectivity index (χ2n) is 4.94. The van der Waals surface area contributed by atoms with Crippen molar-refractivity contribution in [3.05, 3.63) is 59.4 Å². The van der Waals surface area contributed by atoms with Crippen LogP contribution >= 0.6 is 23.4 Å². The molecule has 1 heterocycles. The van der Waals surface area contributed by atoms with Gasteiger partial charge in [-0.05, 0) is 36.4 Å². The molecule has 1 unspecified atom stereocenters. The van der Waals surface area contributed by atoms with Crippen LogP contribution in [0.25, 0.3) is 0 Å². The Morgan fingerprint density at radius 2 is 1.74 bits per heavy atom. The average Bonchev–Trinajstić information content (AvgIpc) is 2.74. The molecule has 4 nitrogen and oxygen atoms in total. The van der Waals surface area contributed by atoms with Crippen molar-refractivity contribution in [2.75, 3.05) is 11.9 Å². The summed E-state index contributed by atoms with van der Waals surface area (Å²) in [5.41, 5.74) is -0.0337. The summed E-state index contributed by atoms with van der Waals surface area (Å²) in [6.45, 7) is 0. The standard InChI is InChI=1S/C16H12ClFN2O2S/c1-19-15(23-11-8-6-10(17)7-9-11)14(21)20(16(19)22)13-5-3-2-4-12(13)18/h2-9,15H,1H3. The molecule has 0 radical (unpaired) electrons. The SMILES string of the molecule is CN1C(=O)N(c2ccccc2F)C(=O)C1Sc1ccc(Cl)cc1. The average molecular weight is 351 g/mol. The molecule has 1 saturated heterocycles. The highest BCUT2D eigenvalue weighted by molar-refractivity contribution is 8.00. The van der Waals surface area contributed by atoms with Crippen molar-refractivity contribution in [3.63, 3.8) is 0 Å². The van der Waals surface area contributed by atoms with Gasteiger partial charge in [0.1, 0.15) is 5.82 Å². The zero-order valence-electron chi connectivity index (χ0n) is 12.1. The Hall–Kier alpha value is -2.05. The highest BCUT2D eigenvalue weighted by Gasteiger charge is 2.45. The van der Waals surface area contributed by atoms with Crippen molar-refractivity contribution in [1.29, 1.82) is 0 Å². The first kappa shape index (κ1) is 15.8. The molecule has 118 valence electrons. The molecule has 23 heavy (non-hydrogen) atoms. The molecular weight excluding hydrogens is 339 g/mol. The summed E-state index contributed by atoms with van der Waals surface area (Å²) < 4.78 is 13.9. The number of carbonyl (C=O) groups excluding carboxylic acids is 2. The number of nitrogens with zero attached hydrogens (tertiary/aromatic N) is 2. The predicted octanol–water partition coefficient (Wildman–Crippen LogP) is 4.00. The summed E-state index contributed by atoms with van der Waals surface area (Å²) in [5, 5.41) is -0.159. The van der Waals surface area contributed by atoms with Crippen LogP contribution in [-0.2, 0) is 4.79 Å². The molecule has 0 N–H and O–H groups in total. The van der Waals surface area contributed by atoms with Crippen LogP contribution in [0.4, 0.5) is 14.9 Å². The lowest BCUT2D eigenvalue weighted by molar-refractivity contribution is -0.117. The van der Waals surface area contributed by atoms with Gasteiger partial charge in [-0.2, -0.15) is 0 Å². The molecule has 1 fully saturated rings. The number of hydrogen-bond donors (Lipinski definition) is 0. The van der Waals surface area contributed by atoms with Crippen molar-refractivity contribution in [3.8, 4) is 0 Å². The molecule has 0 saturated carbocycles. The first-order chi connectivity index (χ1) is 11.0. The Morgan fingerprint density at radius 1 is 1.09 bits per heavy atom. The van der Waals surface area contributed by atoms with Gasteiger partial charge in [-0.25, -0.2) is 14.1 Å². The molecule has 3 amide bonds. The number of urea groups is 1. The molecule has 0 aliphatic carbocycles. The Morgan fingerprint density at radius 3 is 2.39 bits per heavy atom. The molecule has 2 aromatic rings. The van der Waals surface area contributed by atoms with Gasteiger partial charge in [0.2, 0.25) is 0 Å². The fourth-order valence-electron chi connectivity index (χ4n) is 2.25. The predicted molar refractivity (Wildman–Crippen MR) is 88.1 cm³/mol. The van der Waals surface area contributed by atoms with E-state index in [9.17, 15) is 14.0 Å². The third-order valence-electron chi connectivity index (χ3n) is 3.43. The van der Waals surface area contributed by atoms with Crippen LogP contribution in [0.1, 0.15) is 0 Å². The van der Waals surface area contributed by atoms with Gasteiger partial charge in [0, 0.05) is 17.0 Å². The van der Waals surface area contributed by atoms with E-state index in [4.69, 9.17) is 11.6 Å². The van der Waals surface area contributed by atoms with E-state index in [0.717, 1.165) is 9.80 Å². The minimum atomic E-state index is -0.747. The Labute approximate surface area is 141 Å². The van der Waals surface area contributed by atoms with Crippen molar-refractivity contribution in [2.45, 2.75) is 10.3 Å². The quantitative estimate of drug-likeness (QED) is 0.786. The number of likely N-dealkylation sites (N-methyl/N-ethyl adjacent to an activating group) is 1. The fourth-order valence-corrected chi connectivity index (χ4v) is 3.39. The number of rotatable bonds is 3. The maximum absolute atomic E-state index is 13.9. The second kappa shape index (κ2) is 6.22. The first-order valence-corrected chi connectivity index (χ1v) is 8.02. The molecule has 2 aromatic carbocycles. The lowest BCUT2D eigenvalue weighted by atomic mass is 10.3. The van der Waals surface area contributed by atoms with Crippen LogP contribution in [0, 0.1) is 5.82 Å². The van der Waals surface area contributed by atoms with E-state index in [1.807, 2.05) is 0 Å². The largest absolute Gasteiger partial charge is 0.332 e. The van der Waals surface area contributed by atoms with Crippen molar-refractivity contribution in [2.24, 2.45) is 0 Å². The molecule has 7 heteroatoms. The maximum Gasteiger partial charge on any atom is 0.332 e. The number of carbonyl (C=O) groups is 2. The monoisotopic (exact) mass is 350 g/mol. The van der Waals surface area contributed by atoms with E-state index in [2.05, 4.69) is 0 Å². The van der Waals surface area contributed by atoms with Gasteiger partial charge in [-0.3, -0.25) is 4.79 Å². The van der Waals surface area contributed by atoms with E-state index in [1.54, 1.807) is 30.3 Å². The van der Waals surface area contributed by atoms with Crippen molar-refractivity contribution in [1.82, 2.24) is 4.90 Å². The highest BCUT2D eigenvalue weighted by Crippen LogP contribution is 2.34. The number of halogens is 2. The highest BCUT2D eigenvalue weighted by atomic mass is 35.5. The summed E-state index contributed by atoms with van der Waals surface area (Å²) in [5.74, 6) is -1.08. The van der Waals surface area contributed by atoms with Crippen LogP contribution in [0.3, 0.4) is 0 Å². The van der Waals surface area contributed by atoms with Gasteiger partial charge in [0.25, 0.3) is 5.91 Å². The van der Waals surface area contributed by atoms with Crippen LogP contribution in [-0.4, -0.2) is 29.3 Å². The zero-order valence-corrected chi connectivity index (χ0v) is 13.6. The third-order valence-corrected chi connectivity index (χ3v) is 4.97. The molecule has 1 atom stereocenters. The zero-order chi connectivity index (χ0) is 16.6. The number of benzene rings is 2. The Bertz CT molecular complexity index is 769. The minimum absolute atomic E-state index is 0.0337. The summed E-state index contributed by atoms with van der Waals surface area (Å²) in [6, 6.07) is 12.1. The molecule has 0 aromatic heterocycles. The molecule has 1 aliphatic heterocycles. The number of anilines is 1. The van der Waals surface area contributed by atoms with Gasteiger partial charge in [0.15, 0.2) is 5.37 Å². The minimum Gasteiger partial charge on any atom is -0.306 e. The molecular formula is C16H12ClFN2O2S.